The standard InChI is InChI=1S/C24H22F3N3O3/c25-17-11-21(24(32)29-8-4-7-18(29)12-28)30(13-17)23(31)16-9-19(26)22(20(27)10-16)33-14-15-5-2-1-3-6-15/h1-3,5-6,9-10,17-18,21H,4,7-8,11,13-14H2/t17-,18-,21-/m1/s1. The third-order valence-corrected chi connectivity index (χ3v) is 5.95. The fourth-order valence-electron chi connectivity index (χ4n) is 4.32. The predicted octanol–water partition coefficient (Wildman–Crippen LogP) is 3.61. The van der Waals surface area contributed by atoms with Crippen molar-refractivity contribution in [2.75, 3.05) is 13.1 Å². The number of hydrogen-bond acceptors (Lipinski definition) is 4. The molecule has 2 aromatic carbocycles. The summed E-state index contributed by atoms with van der Waals surface area (Å²) in [6, 6.07) is 10.8. The van der Waals surface area contributed by atoms with Crippen LogP contribution in [0.3, 0.4) is 0 Å². The molecule has 2 fully saturated rings. The zero-order chi connectivity index (χ0) is 23.5. The van der Waals surface area contributed by atoms with Crippen LogP contribution in [0.4, 0.5) is 13.2 Å². The zero-order valence-corrected chi connectivity index (χ0v) is 17.7. The van der Waals surface area contributed by atoms with Crippen molar-refractivity contribution in [3.8, 4) is 11.8 Å². The van der Waals surface area contributed by atoms with Gasteiger partial charge in [0.05, 0.1) is 12.6 Å². The molecule has 3 atom stereocenters. The number of carbonyl (C=O) groups excluding carboxylic acids is 2. The van der Waals surface area contributed by atoms with Crippen molar-refractivity contribution in [3.05, 3.63) is 65.2 Å². The summed E-state index contributed by atoms with van der Waals surface area (Å²) in [7, 11) is 0. The van der Waals surface area contributed by atoms with Crippen LogP contribution in [0.2, 0.25) is 0 Å². The van der Waals surface area contributed by atoms with E-state index < -0.39 is 47.5 Å². The van der Waals surface area contributed by atoms with Gasteiger partial charge in [-0.05, 0) is 30.5 Å². The predicted molar refractivity (Wildman–Crippen MR) is 112 cm³/mol. The van der Waals surface area contributed by atoms with E-state index in [4.69, 9.17) is 4.74 Å². The molecular weight excluding hydrogens is 435 g/mol. The Kier molecular flexibility index (Phi) is 6.54. The van der Waals surface area contributed by atoms with Gasteiger partial charge in [-0.3, -0.25) is 9.59 Å². The number of nitrogens with zero attached hydrogens (tertiary/aromatic N) is 3. The Balaban J connectivity index is 1.52. The van der Waals surface area contributed by atoms with Gasteiger partial charge in [0.1, 0.15) is 24.9 Å². The van der Waals surface area contributed by atoms with E-state index in [9.17, 15) is 28.0 Å². The highest BCUT2D eigenvalue weighted by molar-refractivity contribution is 5.98. The molecule has 0 unspecified atom stereocenters. The minimum absolute atomic E-state index is 0.0654. The first-order chi connectivity index (χ1) is 15.9. The van der Waals surface area contributed by atoms with Gasteiger partial charge < -0.3 is 14.5 Å². The van der Waals surface area contributed by atoms with Gasteiger partial charge in [0, 0.05) is 18.5 Å². The molecule has 2 saturated heterocycles. The SMILES string of the molecule is N#C[C@H]1CCCN1C(=O)[C@H]1C[C@@H](F)CN1C(=O)c1cc(F)c(OCc2ccccc2)c(F)c1. The third kappa shape index (κ3) is 4.65. The minimum Gasteiger partial charge on any atom is -0.483 e. The van der Waals surface area contributed by atoms with E-state index in [1.807, 2.05) is 6.07 Å². The van der Waals surface area contributed by atoms with Crippen LogP contribution in [0.1, 0.15) is 35.2 Å². The number of halogens is 3. The summed E-state index contributed by atoms with van der Waals surface area (Å²) in [5.74, 6) is -4.14. The van der Waals surface area contributed by atoms with E-state index in [0.29, 0.717) is 24.9 Å². The van der Waals surface area contributed by atoms with Gasteiger partial charge in [0.15, 0.2) is 17.4 Å². The molecule has 0 aliphatic carbocycles. The van der Waals surface area contributed by atoms with Crippen molar-refractivity contribution >= 4 is 11.8 Å². The molecular formula is C24H22F3N3O3. The Morgan fingerprint density at radius 2 is 1.82 bits per heavy atom. The smallest absolute Gasteiger partial charge is 0.254 e. The van der Waals surface area contributed by atoms with Crippen molar-refractivity contribution < 1.29 is 27.5 Å². The van der Waals surface area contributed by atoms with E-state index in [2.05, 4.69) is 0 Å². The number of carbonyl (C=O) groups is 2. The fourth-order valence-corrected chi connectivity index (χ4v) is 4.32. The van der Waals surface area contributed by atoms with Crippen molar-refractivity contribution in [1.29, 1.82) is 5.26 Å². The summed E-state index contributed by atoms with van der Waals surface area (Å²) >= 11 is 0. The van der Waals surface area contributed by atoms with E-state index in [0.717, 1.165) is 17.0 Å². The molecule has 6 nitrogen and oxygen atoms in total. The molecule has 0 aromatic heterocycles. The molecule has 2 amide bonds. The lowest BCUT2D eigenvalue weighted by Gasteiger charge is -2.29. The van der Waals surface area contributed by atoms with Crippen LogP contribution in [0.5, 0.6) is 5.75 Å². The topological polar surface area (TPSA) is 73.6 Å². The Labute approximate surface area is 189 Å². The highest BCUT2D eigenvalue weighted by atomic mass is 19.1. The molecule has 9 heteroatoms. The van der Waals surface area contributed by atoms with Crippen LogP contribution in [-0.2, 0) is 11.4 Å². The summed E-state index contributed by atoms with van der Waals surface area (Å²) in [5, 5.41) is 9.24. The number of likely N-dealkylation sites (tertiary alicyclic amines) is 2. The van der Waals surface area contributed by atoms with Crippen LogP contribution in [0.15, 0.2) is 42.5 Å². The molecule has 2 aliphatic heterocycles. The van der Waals surface area contributed by atoms with Crippen molar-refractivity contribution in [1.82, 2.24) is 9.80 Å². The molecule has 0 bridgehead atoms. The quantitative estimate of drug-likeness (QED) is 0.688. The Morgan fingerprint density at radius 3 is 2.48 bits per heavy atom. The number of benzene rings is 2. The molecule has 0 N–H and O–H groups in total. The summed E-state index contributed by atoms with van der Waals surface area (Å²) in [5.41, 5.74) is 0.365. The first-order valence-electron chi connectivity index (χ1n) is 10.7. The number of alkyl halides is 1. The van der Waals surface area contributed by atoms with Gasteiger partial charge in [-0.15, -0.1) is 0 Å². The van der Waals surface area contributed by atoms with Gasteiger partial charge in [-0.25, -0.2) is 13.2 Å². The molecule has 0 saturated carbocycles. The highest BCUT2D eigenvalue weighted by Gasteiger charge is 2.44. The lowest BCUT2D eigenvalue weighted by atomic mass is 10.1. The third-order valence-electron chi connectivity index (χ3n) is 5.95. The molecule has 0 radical (unpaired) electrons. The number of nitriles is 1. The normalized spacial score (nSPS) is 22.3. The van der Waals surface area contributed by atoms with Gasteiger partial charge >= 0.3 is 0 Å². The largest absolute Gasteiger partial charge is 0.483 e. The van der Waals surface area contributed by atoms with Gasteiger partial charge in [0.2, 0.25) is 5.91 Å². The Hall–Kier alpha value is -3.54. The number of rotatable bonds is 5. The first-order valence-corrected chi connectivity index (χ1v) is 10.7. The Morgan fingerprint density at radius 1 is 1.12 bits per heavy atom. The summed E-state index contributed by atoms with van der Waals surface area (Å²) in [6.45, 7) is -0.0802. The molecule has 172 valence electrons. The van der Waals surface area contributed by atoms with Crippen LogP contribution in [0.25, 0.3) is 0 Å². The summed E-state index contributed by atoms with van der Waals surface area (Å²) in [4.78, 5) is 28.3. The average Bonchev–Trinajstić information content (AvgIpc) is 3.44. The maximum atomic E-state index is 14.6. The molecule has 2 heterocycles. The lowest BCUT2D eigenvalue weighted by Crippen LogP contribution is -2.49. The highest BCUT2D eigenvalue weighted by Crippen LogP contribution is 2.30. The van der Waals surface area contributed by atoms with E-state index in [-0.39, 0.29) is 25.1 Å². The van der Waals surface area contributed by atoms with Gasteiger partial charge in [-0.1, -0.05) is 30.3 Å². The van der Waals surface area contributed by atoms with Crippen molar-refractivity contribution in [2.45, 2.75) is 44.1 Å². The second-order valence-electron chi connectivity index (χ2n) is 8.17. The van der Waals surface area contributed by atoms with Crippen molar-refractivity contribution in [2.24, 2.45) is 0 Å². The molecule has 2 aromatic rings. The van der Waals surface area contributed by atoms with Gasteiger partial charge in [0.25, 0.3) is 5.91 Å². The number of amides is 2. The molecule has 2 aliphatic rings. The monoisotopic (exact) mass is 457 g/mol. The van der Waals surface area contributed by atoms with Crippen LogP contribution >= 0.6 is 0 Å². The molecule has 0 spiro atoms. The van der Waals surface area contributed by atoms with Crippen molar-refractivity contribution in [3.63, 3.8) is 0 Å². The van der Waals surface area contributed by atoms with E-state index in [1.54, 1.807) is 30.3 Å². The summed E-state index contributed by atoms with van der Waals surface area (Å²) in [6.07, 6.45) is -0.509. The maximum absolute atomic E-state index is 14.6. The van der Waals surface area contributed by atoms with Crippen LogP contribution < -0.4 is 4.74 Å². The van der Waals surface area contributed by atoms with E-state index in [1.165, 1.54) is 4.90 Å². The minimum atomic E-state index is -1.45. The fraction of sp³-hybridized carbons (Fsp3) is 0.375. The van der Waals surface area contributed by atoms with Crippen LogP contribution in [-0.4, -0.2) is 53.0 Å². The van der Waals surface area contributed by atoms with Crippen LogP contribution in [0, 0.1) is 23.0 Å². The lowest BCUT2D eigenvalue weighted by molar-refractivity contribution is -0.135. The molecule has 4 rings (SSSR count). The first kappa shape index (κ1) is 22.6. The molecule has 33 heavy (non-hydrogen) atoms. The van der Waals surface area contributed by atoms with E-state index >= 15 is 0 Å². The Bertz CT molecular complexity index is 1070. The summed E-state index contributed by atoms with van der Waals surface area (Å²) < 4.78 is 48.7. The average molecular weight is 457 g/mol. The zero-order valence-electron chi connectivity index (χ0n) is 17.7. The number of hydrogen-bond donors (Lipinski definition) is 0. The second-order valence-corrected chi connectivity index (χ2v) is 8.17. The maximum Gasteiger partial charge on any atom is 0.254 e. The number of ether oxygens (including phenoxy) is 1. The van der Waals surface area contributed by atoms with Gasteiger partial charge in [-0.2, -0.15) is 5.26 Å². The second kappa shape index (κ2) is 9.53.